The number of rotatable bonds is 6. The molecule has 1 aliphatic rings. The lowest BCUT2D eigenvalue weighted by Crippen LogP contribution is -2.12. The zero-order valence-corrected chi connectivity index (χ0v) is 9.03. The standard InChI is InChI=1S/C10H20OS/c1-3-9(4-2)7-12(11)8-10-5-6-10/h9-10H,3-8H2,1-2H3. The summed E-state index contributed by atoms with van der Waals surface area (Å²) in [6, 6.07) is 0. The van der Waals surface area contributed by atoms with E-state index in [-0.39, 0.29) is 0 Å². The minimum Gasteiger partial charge on any atom is -0.260 e. The molecule has 1 saturated carbocycles. The molecule has 12 heavy (non-hydrogen) atoms. The van der Waals surface area contributed by atoms with Crippen molar-refractivity contribution in [1.82, 2.24) is 0 Å². The smallest absolute Gasteiger partial charge is 0.0263 e. The fraction of sp³-hybridized carbons (Fsp3) is 1.00. The molecule has 0 radical (unpaired) electrons. The predicted octanol–water partition coefficient (Wildman–Crippen LogP) is 2.58. The summed E-state index contributed by atoms with van der Waals surface area (Å²) in [5.74, 6) is 3.45. The van der Waals surface area contributed by atoms with Crippen LogP contribution in [0.4, 0.5) is 0 Å². The summed E-state index contributed by atoms with van der Waals surface area (Å²) in [5.41, 5.74) is 0. The van der Waals surface area contributed by atoms with Crippen molar-refractivity contribution in [2.75, 3.05) is 11.5 Å². The average Bonchev–Trinajstić information content (AvgIpc) is 2.84. The monoisotopic (exact) mass is 188 g/mol. The molecule has 1 aliphatic carbocycles. The predicted molar refractivity (Wildman–Crippen MR) is 54.7 cm³/mol. The Labute approximate surface area is 78.4 Å². The molecule has 0 aromatic rings. The quantitative estimate of drug-likeness (QED) is 0.626. The Morgan fingerprint density at radius 2 is 1.92 bits per heavy atom. The molecule has 0 amide bonds. The van der Waals surface area contributed by atoms with Gasteiger partial charge in [-0.05, 0) is 24.7 Å². The lowest BCUT2D eigenvalue weighted by atomic mass is 10.1. The third kappa shape index (κ3) is 3.70. The van der Waals surface area contributed by atoms with E-state index in [2.05, 4.69) is 13.8 Å². The van der Waals surface area contributed by atoms with Crippen LogP contribution >= 0.6 is 0 Å². The van der Waals surface area contributed by atoms with Crippen LogP contribution in [0.5, 0.6) is 0 Å². The Hall–Kier alpha value is 0.150. The van der Waals surface area contributed by atoms with Crippen molar-refractivity contribution in [2.24, 2.45) is 11.8 Å². The Morgan fingerprint density at radius 3 is 2.33 bits per heavy atom. The largest absolute Gasteiger partial charge is 0.260 e. The topological polar surface area (TPSA) is 17.1 Å². The van der Waals surface area contributed by atoms with Gasteiger partial charge in [0.1, 0.15) is 0 Å². The lowest BCUT2D eigenvalue weighted by Gasteiger charge is -2.10. The molecule has 72 valence electrons. The SMILES string of the molecule is CCC(CC)CS(=O)CC1CC1. The van der Waals surface area contributed by atoms with Crippen LogP contribution in [0.2, 0.25) is 0 Å². The summed E-state index contributed by atoms with van der Waals surface area (Å²) in [6.07, 6.45) is 5.03. The van der Waals surface area contributed by atoms with E-state index in [0.29, 0.717) is 5.92 Å². The molecule has 1 rings (SSSR count). The molecule has 0 heterocycles. The van der Waals surface area contributed by atoms with Gasteiger partial charge in [0.05, 0.1) is 0 Å². The van der Waals surface area contributed by atoms with E-state index in [4.69, 9.17) is 0 Å². The van der Waals surface area contributed by atoms with Crippen molar-refractivity contribution in [1.29, 1.82) is 0 Å². The van der Waals surface area contributed by atoms with E-state index in [1.54, 1.807) is 0 Å². The highest BCUT2D eigenvalue weighted by Crippen LogP contribution is 2.30. The van der Waals surface area contributed by atoms with Crippen molar-refractivity contribution in [2.45, 2.75) is 39.5 Å². The highest BCUT2D eigenvalue weighted by molar-refractivity contribution is 7.85. The van der Waals surface area contributed by atoms with Gasteiger partial charge in [0.15, 0.2) is 0 Å². The molecular weight excluding hydrogens is 168 g/mol. The van der Waals surface area contributed by atoms with Gasteiger partial charge in [-0.15, -0.1) is 0 Å². The van der Waals surface area contributed by atoms with Gasteiger partial charge in [-0.1, -0.05) is 26.7 Å². The van der Waals surface area contributed by atoms with E-state index in [1.165, 1.54) is 25.7 Å². The van der Waals surface area contributed by atoms with Crippen LogP contribution in [-0.4, -0.2) is 15.7 Å². The Bertz CT molecular complexity index is 148. The van der Waals surface area contributed by atoms with Gasteiger partial charge in [0.2, 0.25) is 0 Å². The second-order valence-corrected chi connectivity index (χ2v) is 5.45. The number of hydrogen-bond donors (Lipinski definition) is 0. The number of hydrogen-bond acceptors (Lipinski definition) is 1. The van der Waals surface area contributed by atoms with Crippen molar-refractivity contribution in [3.63, 3.8) is 0 Å². The molecule has 0 N–H and O–H groups in total. The average molecular weight is 188 g/mol. The Morgan fingerprint density at radius 1 is 1.33 bits per heavy atom. The molecule has 0 aromatic heterocycles. The first-order chi connectivity index (χ1) is 5.76. The van der Waals surface area contributed by atoms with Crippen molar-refractivity contribution >= 4 is 10.8 Å². The van der Waals surface area contributed by atoms with Gasteiger partial charge < -0.3 is 0 Å². The molecule has 2 heteroatoms. The maximum atomic E-state index is 11.5. The van der Waals surface area contributed by atoms with Crippen LogP contribution in [0.15, 0.2) is 0 Å². The van der Waals surface area contributed by atoms with Crippen LogP contribution in [0.3, 0.4) is 0 Å². The normalized spacial score (nSPS) is 19.9. The summed E-state index contributed by atoms with van der Waals surface area (Å²) in [5, 5.41) is 0. The Kier molecular flexibility index (Phi) is 4.27. The fourth-order valence-corrected chi connectivity index (χ4v) is 3.40. The zero-order valence-electron chi connectivity index (χ0n) is 8.21. The van der Waals surface area contributed by atoms with Gasteiger partial charge in [-0.2, -0.15) is 0 Å². The molecule has 1 atom stereocenters. The van der Waals surface area contributed by atoms with Crippen LogP contribution in [0.1, 0.15) is 39.5 Å². The van der Waals surface area contributed by atoms with E-state index in [1.807, 2.05) is 0 Å². The molecule has 1 fully saturated rings. The second kappa shape index (κ2) is 5.00. The first kappa shape index (κ1) is 10.2. The molecule has 0 spiro atoms. The van der Waals surface area contributed by atoms with E-state index < -0.39 is 10.8 Å². The van der Waals surface area contributed by atoms with Gasteiger partial charge in [0, 0.05) is 22.3 Å². The highest BCUT2D eigenvalue weighted by atomic mass is 32.2. The van der Waals surface area contributed by atoms with Crippen LogP contribution in [-0.2, 0) is 10.8 Å². The molecular formula is C10H20OS. The summed E-state index contributed by atoms with van der Waals surface area (Å²) >= 11 is 0. The molecule has 1 unspecified atom stereocenters. The molecule has 0 aliphatic heterocycles. The Balaban J connectivity index is 2.13. The third-order valence-electron chi connectivity index (χ3n) is 2.69. The van der Waals surface area contributed by atoms with Crippen molar-refractivity contribution in [3.05, 3.63) is 0 Å². The minimum atomic E-state index is -0.517. The van der Waals surface area contributed by atoms with E-state index in [0.717, 1.165) is 17.4 Å². The fourth-order valence-electron chi connectivity index (χ4n) is 1.40. The van der Waals surface area contributed by atoms with Crippen molar-refractivity contribution < 1.29 is 4.21 Å². The summed E-state index contributed by atoms with van der Waals surface area (Å²) in [6.45, 7) is 4.39. The molecule has 0 saturated heterocycles. The van der Waals surface area contributed by atoms with Gasteiger partial charge >= 0.3 is 0 Å². The minimum absolute atomic E-state index is 0.517. The van der Waals surface area contributed by atoms with Gasteiger partial charge in [-0.3, -0.25) is 4.21 Å². The van der Waals surface area contributed by atoms with Gasteiger partial charge in [0.25, 0.3) is 0 Å². The van der Waals surface area contributed by atoms with Gasteiger partial charge in [-0.25, -0.2) is 0 Å². The molecule has 1 nitrogen and oxygen atoms in total. The highest BCUT2D eigenvalue weighted by Gasteiger charge is 2.24. The molecule has 0 aromatic carbocycles. The second-order valence-electron chi connectivity index (χ2n) is 3.90. The first-order valence-corrected chi connectivity index (χ1v) is 6.60. The van der Waals surface area contributed by atoms with E-state index >= 15 is 0 Å². The summed E-state index contributed by atoms with van der Waals surface area (Å²) in [7, 11) is -0.517. The summed E-state index contributed by atoms with van der Waals surface area (Å²) in [4.78, 5) is 0. The van der Waals surface area contributed by atoms with Crippen LogP contribution in [0, 0.1) is 11.8 Å². The maximum Gasteiger partial charge on any atom is 0.0263 e. The van der Waals surface area contributed by atoms with Crippen LogP contribution < -0.4 is 0 Å². The molecule has 0 bridgehead atoms. The first-order valence-electron chi connectivity index (χ1n) is 5.11. The van der Waals surface area contributed by atoms with E-state index in [9.17, 15) is 4.21 Å². The van der Waals surface area contributed by atoms with Crippen LogP contribution in [0.25, 0.3) is 0 Å². The third-order valence-corrected chi connectivity index (χ3v) is 4.38. The summed E-state index contributed by atoms with van der Waals surface area (Å²) < 4.78 is 11.5. The maximum absolute atomic E-state index is 11.5. The lowest BCUT2D eigenvalue weighted by molar-refractivity contribution is 0.544. The van der Waals surface area contributed by atoms with Crippen molar-refractivity contribution in [3.8, 4) is 0 Å². The zero-order chi connectivity index (χ0) is 8.97.